The number of pyridine rings is 1. The van der Waals surface area contributed by atoms with Crippen LogP contribution in [0.2, 0.25) is 0 Å². The number of nitrogens with two attached hydrogens (primary N) is 1. The highest BCUT2D eigenvalue weighted by molar-refractivity contribution is 7.89. The van der Waals surface area contributed by atoms with Crippen molar-refractivity contribution in [3.63, 3.8) is 0 Å². The highest BCUT2D eigenvalue weighted by atomic mass is 32.2. The largest absolute Gasteiger partial charge is 0.382 e. The molecule has 0 radical (unpaired) electrons. The van der Waals surface area contributed by atoms with E-state index >= 15 is 0 Å². The van der Waals surface area contributed by atoms with Gasteiger partial charge in [0.25, 0.3) is 5.91 Å². The lowest BCUT2D eigenvalue weighted by Gasteiger charge is -2.36. The molecule has 3 N–H and O–H groups in total. The molecular weight excluding hydrogens is 538 g/mol. The molecule has 0 saturated carbocycles. The fraction of sp³-hybridized carbons (Fsp3) is 0.367. The summed E-state index contributed by atoms with van der Waals surface area (Å²) in [5.74, 6) is 0.281. The molecular formula is C30H35N7O3S. The molecule has 5 rings (SSSR count). The average molecular weight is 574 g/mol. The van der Waals surface area contributed by atoms with Crippen LogP contribution in [0.5, 0.6) is 0 Å². The number of amides is 1. The fourth-order valence-corrected chi connectivity index (χ4v) is 6.40. The van der Waals surface area contributed by atoms with E-state index < -0.39 is 10.0 Å². The summed E-state index contributed by atoms with van der Waals surface area (Å²) in [5.41, 5.74) is 5.31. The molecule has 0 aliphatic carbocycles. The van der Waals surface area contributed by atoms with Gasteiger partial charge in [-0.2, -0.15) is 5.26 Å². The number of para-hydroxylation sites is 1. The predicted octanol–water partition coefficient (Wildman–Crippen LogP) is 3.26. The Balaban J connectivity index is 1.24. The van der Waals surface area contributed by atoms with Crippen molar-refractivity contribution in [2.24, 2.45) is 5.14 Å². The topological polar surface area (TPSA) is 136 Å². The molecule has 2 fully saturated rings. The third-order valence-corrected chi connectivity index (χ3v) is 8.88. The first kappa shape index (κ1) is 28.4. The van der Waals surface area contributed by atoms with E-state index in [0.717, 1.165) is 48.4 Å². The standard InChI is InChI=1S/C30H35N7O3S/c1-21-18-22(2)26(34-24-9-12-35(13-10-24)27-7-4-3-6-23(27)20-31)19-25(21)30(38)37-16-14-36(15-17-37)29-28(41(32,39)40)8-5-11-33-29/h3-8,11,18-19,24,34H,9-10,12-17H2,1-2H3,(H2,32,39,40). The number of nitrogens with one attached hydrogen (secondary N) is 1. The highest BCUT2D eigenvalue weighted by Crippen LogP contribution is 2.28. The molecule has 0 spiro atoms. The number of sulfonamides is 1. The summed E-state index contributed by atoms with van der Waals surface area (Å²) in [7, 11) is -3.91. The molecule has 0 atom stereocenters. The van der Waals surface area contributed by atoms with Gasteiger partial charge >= 0.3 is 0 Å². The van der Waals surface area contributed by atoms with E-state index in [1.807, 2.05) is 47.1 Å². The van der Waals surface area contributed by atoms with Crippen molar-refractivity contribution in [1.29, 1.82) is 5.26 Å². The summed E-state index contributed by atoms with van der Waals surface area (Å²) >= 11 is 0. The molecule has 1 aromatic heterocycles. The third-order valence-electron chi connectivity index (χ3n) is 7.95. The van der Waals surface area contributed by atoms with Crippen molar-refractivity contribution in [1.82, 2.24) is 9.88 Å². The van der Waals surface area contributed by atoms with Crippen molar-refractivity contribution in [3.05, 3.63) is 77.0 Å². The summed E-state index contributed by atoms with van der Waals surface area (Å²) in [6.07, 6.45) is 3.39. The van der Waals surface area contributed by atoms with Crippen LogP contribution < -0.4 is 20.3 Å². The molecule has 11 heteroatoms. The number of piperidine rings is 1. The molecule has 2 aromatic carbocycles. The molecule has 2 aliphatic rings. The molecule has 2 saturated heterocycles. The monoisotopic (exact) mass is 573 g/mol. The SMILES string of the molecule is Cc1cc(C)c(C(=O)N2CCN(c3ncccc3S(N)(=O)=O)CC2)cc1NC1CCN(c2ccccc2C#N)CC1. The number of hydrogen-bond acceptors (Lipinski definition) is 8. The van der Waals surface area contributed by atoms with E-state index in [-0.39, 0.29) is 16.8 Å². The van der Waals surface area contributed by atoms with Crippen LogP contribution in [0.3, 0.4) is 0 Å². The number of carbonyl (C=O) groups excluding carboxylic acids is 1. The van der Waals surface area contributed by atoms with Gasteiger partial charge in [-0.25, -0.2) is 18.5 Å². The van der Waals surface area contributed by atoms with Crippen molar-refractivity contribution < 1.29 is 13.2 Å². The molecule has 3 heterocycles. The summed E-state index contributed by atoms with van der Waals surface area (Å²) in [6, 6.07) is 17.3. The third kappa shape index (κ3) is 6.14. The van der Waals surface area contributed by atoms with E-state index in [2.05, 4.69) is 34.3 Å². The number of aryl methyl sites for hydroxylation is 2. The highest BCUT2D eigenvalue weighted by Gasteiger charge is 2.28. The number of nitrogens with zero attached hydrogens (tertiary/aromatic N) is 5. The summed E-state index contributed by atoms with van der Waals surface area (Å²) in [4.78, 5) is 23.8. The zero-order valence-electron chi connectivity index (χ0n) is 23.4. The number of benzene rings is 2. The van der Waals surface area contributed by atoms with Gasteiger partial charge in [0, 0.05) is 62.8 Å². The van der Waals surface area contributed by atoms with Crippen LogP contribution in [0.4, 0.5) is 17.2 Å². The van der Waals surface area contributed by atoms with Crippen molar-refractivity contribution >= 4 is 33.1 Å². The van der Waals surface area contributed by atoms with Crippen molar-refractivity contribution in [2.75, 3.05) is 54.4 Å². The minimum atomic E-state index is -3.91. The second-order valence-corrected chi connectivity index (χ2v) is 12.2. The smallest absolute Gasteiger partial charge is 0.254 e. The summed E-state index contributed by atoms with van der Waals surface area (Å²) in [5, 5.41) is 18.5. The molecule has 1 amide bonds. The number of anilines is 3. The maximum atomic E-state index is 13.6. The maximum Gasteiger partial charge on any atom is 0.254 e. The Morgan fingerprint density at radius 2 is 1.68 bits per heavy atom. The minimum absolute atomic E-state index is 0.00928. The normalized spacial score (nSPS) is 16.4. The van der Waals surface area contributed by atoms with Crippen molar-refractivity contribution in [2.45, 2.75) is 37.6 Å². The number of hydrogen-bond donors (Lipinski definition) is 2. The number of primary sulfonamides is 1. The molecule has 2 aliphatic heterocycles. The Morgan fingerprint density at radius 3 is 2.37 bits per heavy atom. The molecule has 10 nitrogen and oxygen atoms in total. The van der Waals surface area contributed by atoms with E-state index in [1.165, 1.54) is 6.07 Å². The zero-order valence-corrected chi connectivity index (χ0v) is 24.2. The second kappa shape index (κ2) is 11.8. The van der Waals surface area contributed by atoms with Gasteiger partial charge in [0.1, 0.15) is 16.8 Å². The first-order valence-electron chi connectivity index (χ1n) is 13.8. The van der Waals surface area contributed by atoms with E-state index in [0.29, 0.717) is 43.1 Å². The predicted molar refractivity (Wildman–Crippen MR) is 160 cm³/mol. The number of nitriles is 1. The minimum Gasteiger partial charge on any atom is -0.382 e. The van der Waals surface area contributed by atoms with Crippen LogP contribution >= 0.6 is 0 Å². The van der Waals surface area contributed by atoms with Gasteiger partial charge < -0.3 is 20.0 Å². The number of piperazine rings is 1. The van der Waals surface area contributed by atoms with Crippen molar-refractivity contribution in [3.8, 4) is 6.07 Å². The van der Waals surface area contributed by atoms with Gasteiger partial charge in [0.2, 0.25) is 10.0 Å². The number of carbonyl (C=O) groups is 1. The number of aromatic nitrogens is 1. The van der Waals surface area contributed by atoms with Gasteiger partial charge in [0.05, 0.1) is 11.3 Å². The molecule has 0 unspecified atom stereocenters. The van der Waals surface area contributed by atoms with Gasteiger partial charge in [-0.3, -0.25) is 4.79 Å². The van der Waals surface area contributed by atoms with E-state index in [4.69, 9.17) is 5.14 Å². The van der Waals surface area contributed by atoms with Crippen LogP contribution in [0.1, 0.15) is 39.9 Å². The van der Waals surface area contributed by atoms with Crippen LogP contribution in [-0.4, -0.2) is 69.5 Å². The maximum absolute atomic E-state index is 13.6. The van der Waals surface area contributed by atoms with E-state index in [1.54, 1.807) is 12.3 Å². The first-order valence-corrected chi connectivity index (χ1v) is 15.3. The lowest BCUT2D eigenvalue weighted by Crippen LogP contribution is -2.49. The molecule has 0 bridgehead atoms. The fourth-order valence-electron chi connectivity index (χ4n) is 5.70. The first-order chi connectivity index (χ1) is 19.7. The Morgan fingerprint density at radius 1 is 0.976 bits per heavy atom. The van der Waals surface area contributed by atoms with Crippen LogP contribution in [0.25, 0.3) is 0 Å². The van der Waals surface area contributed by atoms with Gasteiger partial charge in [-0.05, 0) is 68.1 Å². The van der Waals surface area contributed by atoms with Gasteiger partial charge in [-0.15, -0.1) is 0 Å². The van der Waals surface area contributed by atoms with E-state index in [9.17, 15) is 18.5 Å². The quantitative estimate of drug-likeness (QED) is 0.459. The Hall–Kier alpha value is -4.14. The molecule has 41 heavy (non-hydrogen) atoms. The lowest BCUT2D eigenvalue weighted by molar-refractivity contribution is 0.0745. The molecule has 214 valence electrons. The molecule has 3 aromatic rings. The Labute approximate surface area is 241 Å². The van der Waals surface area contributed by atoms with Gasteiger partial charge in [-0.1, -0.05) is 18.2 Å². The number of rotatable bonds is 6. The van der Waals surface area contributed by atoms with Crippen LogP contribution in [0, 0.1) is 25.2 Å². The lowest BCUT2D eigenvalue weighted by atomic mass is 9.99. The Kier molecular flexibility index (Phi) is 8.15. The second-order valence-electron chi connectivity index (χ2n) is 10.7. The van der Waals surface area contributed by atoms with Gasteiger partial charge in [0.15, 0.2) is 0 Å². The van der Waals surface area contributed by atoms with Crippen LogP contribution in [0.15, 0.2) is 59.6 Å². The van der Waals surface area contributed by atoms with Crippen LogP contribution in [-0.2, 0) is 10.0 Å². The average Bonchev–Trinajstić information content (AvgIpc) is 2.98. The zero-order chi connectivity index (χ0) is 29.1. The summed E-state index contributed by atoms with van der Waals surface area (Å²) < 4.78 is 24.1. The Bertz CT molecular complexity index is 1590. The summed E-state index contributed by atoms with van der Waals surface area (Å²) in [6.45, 7) is 7.50.